The van der Waals surface area contributed by atoms with Gasteiger partial charge in [-0.1, -0.05) is 40.5 Å². The number of unbranched alkanes of at least 4 members (excludes halogenated alkanes) is 1. The smallest absolute Gasteiger partial charge is 0.0354 e. The third-order valence-electron chi connectivity index (χ3n) is 1.96. The quantitative estimate of drug-likeness (QED) is 0.538. The van der Waals surface area contributed by atoms with E-state index < -0.39 is 0 Å². The average molecular weight is 168 g/mol. The highest BCUT2D eigenvalue weighted by Crippen LogP contribution is 2.26. The van der Waals surface area contributed by atoms with E-state index in [-0.39, 0.29) is 10.8 Å². The summed E-state index contributed by atoms with van der Waals surface area (Å²) in [4.78, 5) is 0. The molecule has 0 N–H and O–H groups in total. The van der Waals surface area contributed by atoms with Crippen molar-refractivity contribution in [2.24, 2.45) is 10.8 Å². The Kier molecular flexibility index (Phi) is 4.30. The average Bonchev–Trinajstić information content (AvgIpc) is 1.76. The summed E-state index contributed by atoms with van der Waals surface area (Å²) in [6, 6.07) is 0. The third-order valence-corrected chi connectivity index (χ3v) is 1.96. The molecule has 0 saturated carbocycles. The first-order valence-electron chi connectivity index (χ1n) is 4.91. The van der Waals surface area contributed by atoms with E-state index in [2.05, 4.69) is 41.5 Å². The molecule has 0 aromatic rings. The lowest BCUT2D eigenvalue weighted by Gasteiger charge is -2.20. The summed E-state index contributed by atoms with van der Waals surface area (Å²) >= 11 is 0. The van der Waals surface area contributed by atoms with Crippen molar-refractivity contribution < 1.29 is 0 Å². The lowest BCUT2D eigenvalue weighted by atomic mass is 9.85. The van der Waals surface area contributed by atoms with Crippen LogP contribution in [0.5, 0.6) is 0 Å². The Bertz CT molecular complexity index is 93.0. The van der Waals surface area contributed by atoms with Crippen LogP contribution < -0.4 is 0 Å². The maximum Gasteiger partial charge on any atom is -0.0354 e. The normalized spacial score (nSPS) is 13.5. The van der Waals surface area contributed by atoms with E-state index in [1.54, 1.807) is 0 Å². The molecule has 0 unspecified atom stereocenters. The van der Waals surface area contributed by atoms with E-state index >= 15 is 0 Å². The molecule has 0 aliphatic rings. The summed E-state index contributed by atoms with van der Waals surface area (Å²) in [6.07, 6.45) is 5.02. The monoisotopic (exact) mass is 168 g/mol. The van der Waals surface area contributed by atoms with E-state index in [0.717, 1.165) is 0 Å². The van der Waals surface area contributed by atoms with Crippen LogP contribution in [0.3, 0.4) is 0 Å². The molecule has 72 valence electrons. The molecular weight excluding hydrogens is 144 g/mol. The van der Waals surface area contributed by atoms with E-state index in [9.17, 15) is 0 Å². The fraction of sp³-hybridized carbons (Fsp3) is 0.833. The zero-order chi connectivity index (χ0) is 9.83. The second kappa shape index (κ2) is 4.30. The van der Waals surface area contributed by atoms with E-state index in [1.165, 1.54) is 25.7 Å². The Morgan fingerprint density at radius 3 is 1.17 bits per heavy atom. The number of hydrogen-bond donors (Lipinski definition) is 0. The predicted molar refractivity (Wildman–Crippen MR) is 56.7 cm³/mol. The van der Waals surface area contributed by atoms with E-state index in [1.807, 2.05) is 0 Å². The van der Waals surface area contributed by atoms with Gasteiger partial charge in [0.15, 0.2) is 0 Å². The fourth-order valence-electron chi connectivity index (χ4n) is 1.21. The molecule has 12 heavy (non-hydrogen) atoms. The maximum atomic E-state index is 4.09. The van der Waals surface area contributed by atoms with Gasteiger partial charge in [-0.25, -0.2) is 0 Å². The van der Waals surface area contributed by atoms with Crippen molar-refractivity contribution in [1.29, 1.82) is 0 Å². The maximum absolute atomic E-state index is 4.09. The molecule has 0 atom stereocenters. The lowest BCUT2D eigenvalue weighted by Crippen LogP contribution is -2.08. The summed E-state index contributed by atoms with van der Waals surface area (Å²) in [7, 11) is 0. The van der Waals surface area contributed by atoms with Gasteiger partial charge in [-0.2, -0.15) is 0 Å². The minimum Gasteiger partial charge on any atom is -0.0599 e. The molecule has 0 spiro atoms. The van der Waals surface area contributed by atoms with Gasteiger partial charge in [0.1, 0.15) is 0 Å². The van der Waals surface area contributed by atoms with Gasteiger partial charge in [0.2, 0.25) is 0 Å². The van der Waals surface area contributed by atoms with E-state index in [0.29, 0.717) is 0 Å². The highest BCUT2D eigenvalue weighted by Gasteiger charge is 2.12. The molecule has 0 aromatic heterocycles. The van der Waals surface area contributed by atoms with Crippen molar-refractivity contribution in [1.82, 2.24) is 0 Å². The molecule has 0 bridgehead atoms. The Labute approximate surface area is 78.8 Å². The second-order valence-electron chi connectivity index (χ2n) is 5.54. The Hall–Kier alpha value is 0. The Morgan fingerprint density at radius 2 is 1.00 bits per heavy atom. The van der Waals surface area contributed by atoms with Gasteiger partial charge in [0.25, 0.3) is 0 Å². The van der Waals surface area contributed by atoms with E-state index in [4.69, 9.17) is 0 Å². The minimum absolute atomic E-state index is 0.255. The van der Waals surface area contributed by atoms with Crippen LogP contribution in [0.4, 0.5) is 0 Å². The molecule has 0 rings (SSSR count). The van der Waals surface area contributed by atoms with Gasteiger partial charge in [-0.05, 0) is 37.5 Å². The predicted octanol–water partition coefficient (Wildman–Crippen LogP) is 4.27. The Morgan fingerprint density at radius 1 is 0.750 bits per heavy atom. The summed E-state index contributed by atoms with van der Waals surface area (Å²) in [6.45, 7) is 17.0. The lowest BCUT2D eigenvalue weighted by molar-refractivity contribution is 0.363. The van der Waals surface area contributed by atoms with Gasteiger partial charge < -0.3 is 0 Å². The molecule has 2 radical (unpaired) electrons. The van der Waals surface area contributed by atoms with Crippen molar-refractivity contribution in [3.8, 4) is 0 Å². The SMILES string of the molecule is [CH2]C(C)(C)CCCCC([CH2])(C)C. The minimum atomic E-state index is 0.255. The zero-order valence-corrected chi connectivity index (χ0v) is 9.24. The summed E-state index contributed by atoms with van der Waals surface area (Å²) in [5.41, 5.74) is 0.511. The molecule has 0 aliphatic heterocycles. The zero-order valence-electron chi connectivity index (χ0n) is 9.24. The molecule has 0 heterocycles. The van der Waals surface area contributed by atoms with Crippen LogP contribution in [0.2, 0.25) is 0 Å². The van der Waals surface area contributed by atoms with Crippen molar-refractivity contribution in [3.05, 3.63) is 13.8 Å². The number of rotatable bonds is 5. The second-order valence-corrected chi connectivity index (χ2v) is 5.54. The van der Waals surface area contributed by atoms with Gasteiger partial charge in [-0.3, -0.25) is 0 Å². The summed E-state index contributed by atoms with van der Waals surface area (Å²) in [5, 5.41) is 0. The van der Waals surface area contributed by atoms with Crippen molar-refractivity contribution in [3.63, 3.8) is 0 Å². The number of hydrogen-bond acceptors (Lipinski definition) is 0. The third kappa shape index (κ3) is 10.0. The standard InChI is InChI=1S/C12H24/c1-11(2,3)9-7-8-10-12(4,5)6/h1,4,7-10H2,2-3,5-6H3. The highest BCUT2D eigenvalue weighted by atomic mass is 14.2. The summed E-state index contributed by atoms with van der Waals surface area (Å²) in [5.74, 6) is 0. The fourth-order valence-corrected chi connectivity index (χ4v) is 1.21. The summed E-state index contributed by atoms with van der Waals surface area (Å²) < 4.78 is 0. The van der Waals surface area contributed by atoms with Crippen molar-refractivity contribution in [2.45, 2.75) is 53.4 Å². The molecule has 0 aliphatic carbocycles. The van der Waals surface area contributed by atoms with Gasteiger partial charge in [-0.15, -0.1) is 0 Å². The molecule has 0 fully saturated rings. The molecule has 0 aromatic carbocycles. The van der Waals surface area contributed by atoms with Crippen LogP contribution in [0, 0.1) is 24.7 Å². The highest BCUT2D eigenvalue weighted by molar-refractivity contribution is 4.73. The van der Waals surface area contributed by atoms with Crippen molar-refractivity contribution >= 4 is 0 Å². The van der Waals surface area contributed by atoms with Gasteiger partial charge in [0.05, 0.1) is 0 Å². The molecule has 0 saturated heterocycles. The largest absolute Gasteiger partial charge is 0.0599 e. The first-order chi connectivity index (χ1) is 5.21. The van der Waals surface area contributed by atoms with Gasteiger partial charge >= 0.3 is 0 Å². The molecule has 0 nitrogen and oxygen atoms in total. The van der Waals surface area contributed by atoms with Crippen molar-refractivity contribution in [2.75, 3.05) is 0 Å². The van der Waals surface area contributed by atoms with Crippen LogP contribution in [0.15, 0.2) is 0 Å². The topological polar surface area (TPSA) is 0 Å². The first kappa shape index (κ1) is 12.0. The first-order valence-corrected chi connectivity index (χ1v) is 4.91. The van der Waals surface area contributed by atoms with Gasteiger partial charge in [0, 0.05) is 0 Å². The van der Waals surface area contributed by atoms with Crippen LogP contribution >= 0.6 is 0 Å². The Balaban J connectivity index is 3.35. The molecule has 0 heteroatoms. The van der Waals surface area contributed by atoms with Crippen LogP contribution in [-0.4, -0.2) is 0 Å². The van der Waals surface area contributed by atoms with Crippen LogP contribution in [0.1, 0.15) is 53.4 Å². The van der Waals surface area contributed by atoms with Crippen LogP contribution in [-0.2, 0) is 0 Å². The molecular formula is C12H24. The molecule has 0 amide bonds. The van der Waals surface area contributed by atoms with Crippen LogP contribution in [0.25, 0.3) is 0 Å².